The van der Waals surface area contributed by atoms with Crippen LogP contribution in [0.5, 0.6) is 0 Å². The molecular formula is C14H19N3O2. The van der Waals surface area contributed by atoms with Crippen molar-refractivity contribution < 1.29 is 9.21 Å². The third-order valence-corrected chi connectivity index (χ3v) is 2.75. The monoisotopic (exact) mass is 261 g/mol. The lowest BCUT2D eigenvalue weighted by Gasteiger charge is -2.17. The highest BCUT2D eigenvalue weighted by molar-refractivity contribution is 5.77. The first-order chi connectivity index (χ1) is 8.94. The molecule has 0 fully saturated rings. The van der Waals surface area contributed by atoms with Crippen molar-refractivity contribution in [2.24, 2.45) is 5.73 Å². The fraction of sp³-hybridized carbons (Fsp3) is 0.429. The highest BCUT2D eigenvalue weighted by Crippen LogP contribution is 2.14. The Labute approximate surface area is 112 Å². The van der Waals surface area contributed by atoms with Crippen LogP contribution in [0.2, 0.25) is 0 Å². The van der Waals surface area contributed by atoms with E-state index in [1.807, 2.05) is 32.0 Å². The molecule has 0 unspecified atom stereocenters. The summed E-state index contributed by atoms with van der Waals surface area (Å²) in [5.74, 6) is -0.0201. The molecule has 0 spiro atoms. The third kappa shape index (κ3) is 4.06. The van der Waals surface area contributed by atoms with Crippen molar-refractivity contribution in [1.82, 2.24) is 10.3 Å². The van der Waals surface area contributed by atoms with Crippen molar-refractivity contribution in [1.29, 1.82) is 0 Å². The number of fused-ring (bicyclic) bond motifs is 1. The summed E-state index contributed by atoms with van der Waals surface area (Å²) in [5.41, 5.74) is 8.04. The summed E-state index contributed by atoms with van der Waals surface area (Å²) in [7, 11) is 0. The molecule has 0 aliphatic rings. The summed E-state index contributed by atoms with van der Waals surface area (Å²) in [6, 6.07) is 5.85. The topological polar surface area (TPSA) is 81.2 Å². The average Bonchev–Trinajstić information content (AvgIpc) is 2.73. The predicted molar refractivity (Wildman–Crippen MR) is 73.6 cm³/mol. The standard InChI is InChI=1S/C14H19N3O2/c1-14(2,15)8-13(18)16-6-5-10-3-4-11-12(7-10)19-9-17-11/h3-4,7,9H,5-6,8,15H2,1-2H3,(H,16,18). The van der Waals surface area contributed by atoms with Gasteiger partial charge in [-0.1, -0.05) is 6.07 Å². The second-order valence-corrected chi connectivity index (χ2v) is 5.42. The molecule has 0 aliphatic carbocycles. The molecule has 0 atom stereocenters. The van der Waals surface area contributed by atoms with E-state index in [2.05, 4.69) is 10.3 Å². The third-order valence-electron chi connectivity index (χ3n) is 2.75. The molecule has 19 heavy (non-hydrogen) atoms. The van der Waals surface area contributed by atoms with Crippen molar-refractivity contribution in [2.75, 3.05) is 6.54 Å². The Bertz CT molecular complexity index is 569. The van der Waals surface area contributed by atoms with Gasteiger partial charge in [0.1, 0.15) is 5.52 Å². The molecular weight excluding hydrogens is 242 g/mol. The first-order valence-electron chi connectivity index (χ1n) is 6.32. The Kier molecular flexibility index (Phi) is 3.85. The quantitative estimate of drug-likeness (QED) is 0.856. The first kappa shape index (κ1) is 13.5. The summed E-state index contributed by atoms with van der Waals surface area (Å²) in [6.07, 6.45) is 2.51. The SMILES string of the molecule is CC(C)(N)CC(=O)NCCc1ccc2ncoc2c1. The van der Waals surface area contributed by atoms with Crippen molar-refractivity contribution in [3.63, 3.8) is 0 Å². The average molecular weight is 261 g/mol. The summed E-state index contributed by atoms with van der Waals surface area (Å²) in [5, 5.41) is 2.86. The van der Waals surface area contributed by atoms with Gasteiger partial charge in [0.2, 0.25) is 5.91 Å². The zero-order valence-corrected chi connectivity index (χ0v) is 11.3. The van der Waals surface area contributed by atoms with Gasteiger partial charge in [0.15, 0.2) is 12.0 Å². The zero-order chi connectivity index (χ0) is 13.9. The highest BCUT2D eigenvalue weighted by atomic mass is 16.3. The van der Waals surface area contributed by atoms with Crippen LogP contribution in [-0.2, 0) is 11.2 Å². The first-order valence-corrected chi connectivity index (χ1v) is 6.32. The van der Waals surface area contributed by atoms with Gasteiger partial charge in [-0.3, -0.25) is 4.79 Å². The maximum absolute atomic E-state index is 11.6. The van der Waals surface area contributed by atoms with E-state index in [1.54, 1.807) is 0 Å². The summed E-state index contributed by atoms with van der Waals surface area (Å²) >= 11 is 0. The minimum atomic E-state index is -0.469. The van der Waals surface area contributed by atoms with E-state index >= 15 is 0 Å². The number of hydrogen-bond donors (Lipinski definition) is 2. The smallest absolute Gasteiger partial charge is 0.221 e. The number of carbonyl (C=O) groups excluding carboxylic acids is 1. The van der Waals surface area contributed by atoms with E-state index in [0.29, 0.717) is 13.0 Å². The van der Waals surface area contributed by atoms with Gasteiger partial charge in [-0.15, -0.1) is 0 Å². The number of rotatable bonds is 5. The van der Waals surface area contributed by atoms with E-state index in [-0.39, 0.29) is 5.91 Å². The lowest BCUT2D eigenvalue weighted by atomic mass is 10.0. The molecule has 3 N–H and O–H groups in total. The molecule has 0 radical (unpaired) electrons. The second kappa shape index (κ2) is 5.40. The van der Waals surface area contributed by atoms with E-state index < -0.39 is 5.54 Å². The van der Waals surface area contributed by atoms with Crippen LogP contribution in [0.25, 0.3) is 11.1 Å². The van der Waals surface area contributed by atoms with Crippen LogP contribution in [0.4, 0.5) is 0 Å². The van der Waals surface area contributed by atoms with Gasteiger partial charge >= 0.3 is 0 Å². The Morgan fingerprint density at radius 2 is 2.26 bits per heavy atom. The molecule has 1 heterocycles. The predicted octanol–water partition coefficient (Wildman–Crippen LogP) is 1.61. The number of carbonyl (C=O) groups is 1. The van der Waals surface area contributed by atoms with Gasteiger partial charge in [-0.2, -0.15) is 0 Å². The number of hydrogen-bond acceptors (Lipinski definition) is 4. The number of amides is 1. The number of oxazole rings is 1. The number of nitrogens with zero attached hydrogens (tertiary/aromatic N) is 1. The fourth-order valence-electron chi connectivity index (χ4n) is 1.88. The molecule has 0 saturated carbocycles. The van der Waals surface area contributed by atoms with E-state index in [1.165, 1.54) is 6.39 Å². The number of nitrogens with two attached hydrogens (primary N) is 1. The molecule has 0 saturated heterocycles. The van der Waals surface area contributed by atoms with Crippen molar-refractivity contribution in [2.45, 2.75) is 32.2 Å². The van der Waals surface area contributed by atoms with Gasteiger partial charge in [0, 0.05) is 18.5 Å². The molecule has 1 aromatic carbocycles. The van der Waals surface area contributed by atoms with Crippen LogP contribution in [0, 0.1) is 0 Å². The van der Waals surface area contributed by atoms with Crippen LogP contribution in [-0.4, -0.2) is 23.0 Å². The number of benzene rings is 1. The molecule has 5 nitrogen and oxygen atoms in total. The summed E-state index contributed by atoms with van der Waals surface area (Å²) in [4.78, 5) is 15.7. The van der Waals surface area contributed by atoms with Crippen molar-refractivity contribution >= 4 is 17.0 Å². The largest absolute Gasteiger partial charge is 0.443 e. The molecule has 0 aliphatic heterocycles. The molecule has 102 valence electrons. The summed E-state index contributed by atoms with van der Waals surface area (Å²) < 4.78 is 5.24. The highest BCUT2D eigenvalue weighted by Gasteiger charge is 2.15. The number of aromatic nitrogens is 1. The van der Waals surface area contributed by atoms with E-state index in [9.17, 15) is 4.79 Å². The van der Waals surface area contributed by atoms with Crippen LogP contribution in [0.3, 0.4) is 0 Å². The molecule has 1 amide bonds. The summed E-state index contributed by atoms with van der Waals surface area (Å²) in [6.45, 7) is 4.27. The Morgan fingerprint density at radius 3 is 3.00 bits per heavy atom. The lowest BCUT2D eigenvalue weighted by molar-refractivity contribution is -0.121. The molecule has 0 bridgehead atoms. The second-order valence-electron chi connectivity index (χ2n) is 5.42. The molecule has 1 aromatic heterocycles. The van der Waals surface area contributed by atoms with Crippen LogP contribution in [0.15, 0.2) is 29.0 Å². The maximum Gasteiger partial charge on any atom is 0.221 e. The van der Waals surface area contributed by atoms with E-state index in [4.69, 9.17) is 10.2 Å². The van der Waals surface area contributed by atoms with Gasteiger partial charge in [0.25, 0.3) is 0 Å². The Morgan fingerprint density at radius 1 is 1.47 bits per heavy atom. The van der Waals surface area contributed by atoms with E-state index in [0.717, 1.165) is 23.1 Å². The normalized spacial score (nSPS) is 11.7. The van der Waals surface area contributed by atoms with Gasteiger partial charge in [-0.25, -0.2) is 4.98 Å². The molecule has 5 heteroatoms. The Hall–Kier alpha value is -1.88. The van der Waals surface area contributed by atoms with Crippen LogP contribution < -0.4 is 11.1 Å². The maximum atomic E-state index is 11.6. The minimum Gasteiger partial charge on any atom is -0.443 e. The van der Waals surface area contributed by atoms with Crippen LogP contribution >= 0.6 is 0 Å². The van der Waals surface area contributed by atoms with Crippen molar-refractivity contribution in [3.05, 3.63) is 30.2 Å². The zero-order valence-electron chi connectivity index (χ0n) is 11.3. The number of nitrogens with one attached hydrogen (secondary N) is 1. The van der Waals surface area contributed by atoms with Gasteiger partial charge in [-0.05, 0) is 38.0 Å². The molecule has 2 aromatic rings. The van der Waals surface area contributed by atoms with Gasteiger partial charge < -0.3 is 15.5 Å². The van der Waals surface area contributed by atoms with Crippen molar-refractivity contribution in [3.8, 4) is 0 Å². The molecule has 2 rings (SSSR count). The van der Waals surface area contributed by atoms with Gasteiger partial charge in [0.05, 0.1) is 0 Å². The van der Waals surface area contributed by atoms with Crippen LogP contribution in [0.1, 0.15) is 25.8 Å². The lowest BCUT2D eigenvalue weighted by Crippen LogP contribution is -2.39. The fourth-order valence-corrected chi connectivity index (χ4v) is 1.88. The minimum absolute atomic E-state index is 0.0201. The Balaban J connectivity index is 1.83.